The Labute approximate surface area is 82.9 Å². The van der Waals surface area contributed by atoms with Gasteiger partial charge in [0, 0.05) is 12.0 Å². The van der Waals surface area contributed by atoms with Gasteiger partial charge in [0.1, 0.15) is 17.6 Å². The Kier molecular flexibility index (Phi) is 6.24. The average molecular weight is 205 g/mol. The third-order valence-corrected chi connectivity index (χ3v) is 1.74. The first kappa shape index (κ1) is 12.2. The largest absolute Gasteiger partial charge is 0.351 e. The minimum absolute atomic E-state index is 0.103. The van der Waals surface area contributed by atoms with Crippen LogP contribution in [0.25, 0.3) is 0 Å². The van der Waals surface area contributed by atoms with Crippen molar-refractivity contribution in [1.29, 1.82) is 0 Å². The number of rotatable bonds is 5. The highest BCUT2D eigenvalue weighted by Gasteiger charge is 2.07. The van der Waals surface area contributed by atoms with E-state index in [4.69, 9.17) is 11.9 Å². The number of halogens is 1. The molecule has 0 unspecified atom stereocenters. The summed E-state index contributed by atoms with van der Waals surface area (Å²) < 4.78 is 4.04. The van der Waals surface area contributed by atoms with Gasteiger partial charge in [0.25, 0.3) is 0 Å². The van der Waals surface area contributed by atoms with Crippen molar-refractivity contribution in [3.8, 4) is 0 Å². The summed E-state index contributed by atoms with van der Waals surface area (Å²) in [6.45, 7) is 3.34. The molecule has 0 spiro atoms. The zero-order valence-corrected chi connectivity index (χ0v) is 8.56. The molecule has 0 aromatic rings. The summed E-state index contributed by atoms with van der Waals surface area (Å²) in [5, 5.41) is 0. The summed E-state index contributed by atoms with van der Waals surface area (Å²) in [6.07, 6.45) is 3.25. The van der Waals surface area contributed by atoms with Crippen LogP contribution in [-0.2, 0) is 13.9 Å². The van der Waals surface area contributed by atoms with Gasteiger partial charge in [-0.1, -0.05) is 13.0 Å². The molecule has 0 heterocycles. The van der Waals surface area contributed by atoms with Crippen molar-refractivity contribution in [1.82, 2.24) is 0 Å². The van der Waals surface area contributed by atoms with Gasteiger partial charge in [0.05, 0.1) is 0 Å². The van der Waals surface area contributed by atoms with E-state index in [1.807, 2.05) is 6.92 Å². The maximum absolute atomic E-state index is 10.9. The SMILES string of the molecule is CCC(=CCCC(C)=O)C(=O)OCl. The fourth-order valence-electron chi connectivity index (χ4n) is 0.871. The fourth-order valence-corrected chi connectivity index (χ4v) is 0.970. The van der Waals surface area contributed by atoms with Gasteiger partial charge in [-0.15, -0.1) is 0 Å². The van der Waals surface area contributed by atoms with Crippen molar-refractivity contribution in [2.75, 3.05) is 0 Å². The molecule has 4 heteroatoms. The minimum atomic E-state index is -0.535. The molecule has 0 fully saturated rings. The van der Waals surface area contributed by atoms with Crippen molar-refractivity contribution in [2.24, 2.45) is 0 Å². The second-order valence-electron chi connectivity index (χ2n) is 2.69. The van der Waals surface area contributed by atoms with Crippen LogP contribution >= 0.6 is 11.9 Å². The van der Waals surface area contributed by atoms with Crippen molar-refractivity contribution in [2.45, 2.75) is 33.1 Å². The highest BCUT2D eigenvalue weighted by atomic mass is 35.5. The Hall–Kier alpha value is -0.830. The first-order valence-corrected chi connectivity index (χ1v) is 4.44. The van der Waals surface area contributed by atoms with E-state index in [0.29, 0.717) is 24.8 Å². The molecular formula is C9H13ClO3. The van der Waals surface area contributed by atoms with E-state index in [-0.39, 0.29) is 5.78 Å². The first-order chi connectivity index (χ1) is 6.11. The van der Waals surface area contributed by atoms with Crippen molar-refractivity contribution < 1.29 is 13.9 Å². The summed E-state index contributed by atoms with van der Waals surface area (Å²) >= 11 is 4.91. The lowest BCUT2D eigenvalue weighted by atomic mass is 10.1. The molecule has 0 aromatic heterocycles. The van der Waals surface area contributed by atoms with Gasteiger partial charge in [-0.25, -0.2) is 4.79 Å². The van der Waals surface area contributed by atoms with Gasteiger partial charge in [0.15, 0.2) is 0 Å². The van der Waals surface area contributed by atoms with Crippen LogP contribution in [0, 0.1) is 0 Å². The maximum atomic E-state index is 10.9. The van der Waals surface area contributed by atoms with E-state index in [1.165, 1.54) is 6.92 Å². The molecule has 0 amide bonds. The van der Waals surface area contributed by atoms with Gasteiger partial charge in [0.2, 0.25) is 0 Å². The Balaban J connectivity index is 4.07. The summed E-state index contributed by atoms with van der Waals surface area (Å²) in [5.74, 6) is -0.432. The zero-order chi connectivity index (χ0) is 10.3. The number of allylic oxidation sites excluding steroid dienone is 1. The van der Waals surface area contributed by atoms with Crippen LogP contribution in [0.4, 0.5) is 0 Å². The van der Waals surface area contributed by atoms with Crippen molar-refractivity contribution >= 4 is 23.6 Å². The molecule has 0 N–H and O–H groups in total. The smallest absolute Gasteiger partial charge is 0.343 e. The molecule has 74 valence electrons. The van der Waals surface area contributed by atoms with E-state index in [2.05, 4.69) is 4.29 Å². The van der Waals surface area contributed by atoms with Gasteiger partial charge in [-0.2, -0.15) is 0 Å². The normalized spacial score (nSPS) is 11.2. The highest BCUT2D eigenvalue weighted by molar-refractivity contribution is 6.15. The molecule has 0 aromatic carbocycles. The van der Waals surface area contributed by atoms with Gasteiger partial charge in [-0.3, -0.25) is 0 Å². The monoisotopic (exact) mass is 204 g/mol. The molecule has 0 saturated heterocycles. The number of hydrogen-bond acceptors (Lipinski definition) is 3. The molecular weight excluding hydrogens is 192 g/mol. The van der Waals surface area contributed by atoms with Crippen LogP contribution < -0.4 is 0 Å². The second-order valence-corrected chi connectivity index (χ2v) is 2.84. The van der Waals surface area contributed by atoms with Crippen LogP contribution in [0.5, 0.6) is 0 Å². The second kappa shape index (κ2) is 6.66. The minimum Gasteiger partial charge on any atom is -0.343 e. The van der Waals surface area contributed by atoms with E-state index in [1.54, 1.807) is 6.08 Å². The topological polar surface area (TPSA) is 43.4 Å². The molecule has 0 aliphatic carbocycles. The summed E-state index contributed by atoms with van der Waals surface area (Å²) in [6, 6.07) is 0. The molecule has 0 radical (unpaired) electrons. The summed E-state index contributed by atoms with van der Waals surface area (Å²) in [7, 11) is 0. The van der Waals surface area contributed by atoms with E-state index < -0.39 is 5.97 Å². The van der Waals surface area contributed by atoms with Gasteiger partial charge >= 0.3 is 5.97 Å². The number of Topliss-reactive ketones (excluding diaryl/α,β-unsaturated/α-hetero) is 1. The Morgan fingerprint density at radius 2 is 2.08 bits per heavy atom. The lowest BCUT2D eigenvalue weighted by Crippen LogP contribution is -2.01. The quantitative estimate of drug-likeness (QED) is 0.646. The van der Waals surface area contributed by atoms with Crippen LogP contribution in [-0.4, -0.2) is 11.8 Å². The fraction of sp³-hybridized carbons (Fsp3) is 0.556. The number of ketones is 1. The van der Waals surface area contributed by atoms with Crippen molar-refractivity contribution in [3.05, 3.63) is 11.6 Å². The van der Waals surface area contributed by atoms with E-state index >= 15 is 0 Å². The number of carbonyl (C=O) groups excluding carboxylic acids is 2. The Morgan fingerprint density at radius 3 is 2.46 bits per heavy atom. The molecule has 3 nitrogen and oxygen atoms in total. The summed E-state index contributed by atoms with van der Waals surface area (Å²) in [4.78, 5) is 21.5. The van der Waals surface area contributed by atoms with Gasteiger partial charge < -0.3 is 9.08 Å². The number of hydrogen-bond donors (Lipinski definition) is 0. The maximum Gasteiger partial charge on any atom is 0.351 e. The molecule has 13 heavy (non-hydrogen) atoms. The van der Waals surface area contributed by atoms with Crippen LogP contribution in [0.1, 0.15) is 33.1 Å². The lowest BCUT2D eigenvalue weighted by Gasteiger charge is -1.98. The zero-order valence-electron chi connectivity index (χ0n) is 7.80. The third-order valence-electron chi connectivity index (χ3n) is 1.60. The molecule has 0 saturated carbocycles. The first-order valence-electron chi connectivity index (χ1n) is 4.13. The van der Waals surface area contributed by atoms with Crippen LogP contribution in [0.2, 0.25) is 0 Å². The predicted octanol–water partition coefficient (Wildman–Crippen LogP) is 2.39. The Bertz CT molecular complexity index is 221. The molecule has 0 aliphatic rings. The van der Waals surface area contributed by atoms with Crippen molar-refractivity contribution in [3.63, 3.8) is 0 Å². The third kappa shape index (κ3) is 5.42. The lowest BCUT2D eigenvalue weighted by molar-refractivity contribution is -0.130. The van der Waals surface area contributed by atoms with E-state index in [0.717, 1.165) is 0 Å². The molecule has 0 rings (SSSR count). The molecule has 0 aliphatic heterocycles. The average Bonchev–Trinajstić information content (AvgIpc) is 2.11. The molecule has 0 atom stereocenters. The van der Waals surface area contributed by atoms with E-state index in [9.17, 15) is 9.59 Å². The van der Waals surface area contributed by atoms with Crippen LogP contribution in [0.3, 0.4) is 0 Å². The predicted molar refractivity (Wildman–Crippen MR) is 50.2 cm³/mol. The summed E-state index contributed by atoms with van der Waals surface area (Å²) in [5.41, 5.74) is 0.510. The standard InChI is InChI=1S/C9H13ClO3/c1-3-8(9(12)13-10)6-4-5-7(2)11/h6H,3-5H2,1-2H3. The van der Waals surface area contributed by atoms with Gasteiger partial charge in [-0.05, 0) is 19.8 Å². The van der Waals surface area contributed by atoms with Crippen LogP contribution in [0.15, 0.2) is 11.6 Å². The molecule has 0 bridgehead atoms. The Morgan fingerprint density at radius 1 is 1.46 bits per heavy atom. The highest BCUT2D eigenvalue weighted by Crippen LogP contribution is 2.07. The number of carbonyl (C=O) groups is 2.